The molecule has 6 heteroatoms. The number of para-hydroxylation sites is 2. The minimum Gasteiger partial charge on any atom is -0.347 e. The molecule has 3 aromatic rings. The lowest BCUT2D eigenvalue weighted by molar-refractivity contribution is -0.125. The van der Waals surface area contributed by atoms with Gasteiger partial charge in [0.15, 0.2) is 0 Å². The Morgan fingerprint density at radius 3 is 2.14 bits per heavy atom. The molecule has 1 unspecified atom stereocenters. The predicted molar refractivity (Wildman–Crippen MR) is 136 cm³/mol. The normalized spacial score (nSPS) is 19.0. The second-order valence-electron chi connectivity index (χ2n) is 9.21. The van der Waals surface area contributed by atoms with Gasteiger partial charge in [-0.2, -0.15) is 0 Å². The molecule has 2 aliphatic rings. The van der Waals surface area contributed by atoms with Crippen LogP contribution in [0.1, 0.15) is 30.4 Å². The number of hydrogen-bond acceptors (Lipinski definition) is 3. The van der Waals surface area contributed by atoms with Crippen molar-refractivity contribution in [2.45, 2.75) is 38.3 Å². The third-order valence-corrected chi connectivity index (χ3v) is 6.92. The number of carbonyl (C=O) groups excluding carboxylic acids is 3. The zero-order chi connectivity index (χ0) is 24.2. The summed E-state index contributed by atoms with van der Waals surface area (Å²) in [5, 5.41) is 2.79. The molecule has 1 saturated carbocycles. The van der Waals surface area contributed by atoms with Crippen LogP contribution in [0.4, 0.5) is 11.4 Å². The molecular weight excluding hydrogens is 438 g/mol. The molecule has 3 amide bonds. The molecule has 5 rings (SSSR count). The van der Waals surface area contributed by atoms with Gasteiger partial charge >= 0.3 is 0 Å². The van der Waals surface area contributed by atoms with E-state index in [4.69, 9.17) is 0 Å². The smallest absolute Gasteiger partial charge is 0.246 e. The number of rotatable bonds is 6. The first-order valence-electron chi connectivity index (χ1n) is 12.2. The van der Waals surface area contributed by atoms with Gasteiger partial charge in [0.2, 0.25) is 17.7 Å². The standard InChI is InChI=1S/C29H29N3O3/c33-27(18-21-10-3-1-4-11-21)30-19-28(34)32-24-17-9-14-23(24)29(35)31(20-22-12-5-2-6-13-22)25-15-7-8-16-26(25)32/h1-8,10-13,15-16,23-24H,9,14,17-20H2,(H,30,33)/t23?,24-/m1/s1. The van der Waals surface area contributed by atoms with Crippen LogP contribution in [0, 0.1) is 5.92 Å². The number of amides is 3. The number of carbonyl (C=O) groups is 3. The van der Waals surface area contributed by atoms with E-state index in [0.29, 0.717) is 6.54 Å². The maximum atomic E-state index is 13.7. The highest BCUT2D eigenvalue weighted by Crippen LogP contribution is 2.43. The molecule has 0 bridgehead atoms. The Morgan fingerprint density at radius 1 is 0.800 bits per heavy atom. The van der Waals surface area contributed by atoms with Crippen LogP contribution in [-0.2, 0) is 27.3 Å². The van der Waals surface area contributed by atoms with Gasteiger partial charge in [-0.3, -0.25) is 14.4 Å². The summed E-state index contributed by atoms with van der Waals surface area (Å²) in [6.07, 6.45) is 2.65. The fourth-order valence-corrected chi connectivity index (χ4v) is 5.28. The summed E-state index contributed by atoms with van der Waals surface area (Å²) < 4.78 is 0. The first-order chi connectivity index (χ1) is 17.1. The predicted octanol–water partition coefficient (Wildman–Crippen LogP) is 4.09. The van der Waals surface area contributed by atoms with E-state index in [9.17, 15) is 14.4 Å². The molecule has 178 valence electrons. The van der Waals surface area contributed by atoms with Crippen LogP contribution >= 0.6 is 0 Å². The van der Waals surface area contributed by atoms with Crippen LogP contribution in [-0.4, -0.2) is 30.3 Å². The lowest BCUT2D eigenvalue weighted by Crippen LogP contribution is -2.48. The van der Waals surface area contributed by atoms with Crippen molar-refractivity contribution < 1.29 is 14.4 Å². The van der Waals surface area contributed by atoms with E-state index in [-0.39, 0.29) is 42.6 Å². The Kier molecular flexibility index (Phi) is 6.62. The molecule has 1 aliphatic heterocycles. The number of anilines is 2. The molecule has 1 N–H and O–H groups in total. The van der Waals surface area contributed by atoms with Crippen molar-refractivity contribution in [3.8, 4) is 0 Å². The van der Waals surface area contributed by atoms with Crippen molar-refractivity contribution >= 4 is 29.1 Å². The Bertz CT molecular complexity index is 1210. The quantitative estimate of drug-likeness (QED) is 0.594. The fourth-order valence-electron chi connectivity index (χ4n) is 5.28. The number of hydrogen-bond donors (Lipinski definition) is 1. The van der Waals surface area contributed by atoms with Gasteiger partial charge in [0.1, 0.15) is 0 Å². The lowest BCUT2D eigenvalue weighted by atomic mass is 10.0. The van der Waals surface area contributed by atoms with Crippen LogP contribution in [0.5, 0.6) is 0 Å². The van der Waals surface area contributed by atoms with Crippen molar-refractivity contribution in [3.05, 3.63) is 96.1 Å². The molecule has 0 aromatic heterocycles. The maximum Gasteiger partial charge on any atom is 0.246 e. The molecule has 6 nitrogen and oxygen atoms in total. The highest BCUT2D eigenvalue weighted by atomic mass is 16.2. The maximum absolute atomic E-state index is 13.7. The molecular formula is C29H29N3O3. The summed E-state index contributed by atoms with van der Waals surface area (Å²) in [6, 6.07) is 26.8. The topological polar surface area (TPSA) is 69.7 Å². The third-order valence-electron chi connectivity index (χ3n) is 6.92. The minimum absolute atomic E-state index is 0.0622. The Morgan fingerprint density at radius 2 is 1.43 bits per heavy atom. The first-order valence-corrected chi connectivity index (χ1v) is 12.2. The van der Waals surface area contributed by atoms with Crippen LogP contribution in [0.15, 0.2) is 84.9 Å². The highest BCUT2D eigenvalue weighted by molar-refractivity contribution is 6.07. The summed E-state index contributed by atoms with van der Waals surface area (Å²) in [4.78, 5) is 43.4. The van der Waals surface area contributed by atoms with Gasteiger partial charge in [0, 0.05) is 6.04 Å². The fraction of sp³-hybridized carbons (Fsp3) is 0.276. The summed E-state index contributed by atoms with van der Waals surface area (Å²) >= 11 is 0. The number of fused-ring (bicyclic) bond motifs is 2. The second kappa shape index (κ2) is 10.1. The van der Waals surface area contributed by atoms with Gasteiger partial charge in [-0.05, 0) is 36.1 Å². The zero-order valence-electron chi connectivity index (χ0n) is 19.6. The molecule has 35 heavy (non-hydrogen) atoms. The van der Waals surface area contributed by atoms with Crippen molar-refractivity contribution in [2.24, 2.45) is 5.92 Å². The lowest BCUT2D eigenvalue weighted by Gasteiger charge is -2.30. The van der Waals surface area contributed by atoms with Crippen LogP contribution in [0.2, 0.25) is 0 Å². The molecule has 0 saturated heterocycles. The first kappa shape index (κ1) is 22.8. The van der Waals surface area contributed by atoms with E-state index in [1.165, 1.54) is 0 Å². The van der Waals surface area contributed by atoms with Gasteiger partial charge in [0.05, 0.1) is 36.8 Å². The largest absolute Gasteiger partial charge is 0.347 e. The SMILES string of the molecule is O=C(Cc1ccccc1)NCC(=O)N1c2ccccc2N(Cc2ccccc2)C(=O)C2CCC[C@H]21. The Hall–Kier alpha value is -3.93. The van der Waals surface area contributed by atoms with E-state index < -0.39 is 0 Å². The molecule has 1 aliphatic carbocycles. The molecule has 1 fully saturated rings. The Labute approximate surface area is 205 Å². The molecule has 3 aromatic carbocycles. The van der Waals surface area contributed by atoms with Crippen LogP contribution in [0.3, 0.4) is 0 Å². The summed E-state index contributed by atoms with van der Waals surface area (Å²) in [6.45, 7) is 0.353. The van der Waals surface area contributed by atoms with Crippen molar-refractivity contribution in [1.29, 1.82) is 0 Å². The zero-order valence-corrected chi connectivity index (χ0v) is 19.6. The molecule has 0 spiro atoms. The molecule has 0 radical (unpaired) electrons. The Balaban J connectivity index is 1.41. The van der Waals surface area contributed by atoms with Crippen LogP contribution in [0.25, 0.3) is 0 Å². The number of benzene rings is 3. The van der Waals surface area contributed by atoms with Gasteiger partial charge in [-0.25, -0.2) is 0 Å². The van der Waals surface area contributed by atoms with Crippen LogP contribution < -0.4 is 15.1 Å². The number of nitrogens with one attached hydrogen (secondary N) is 1. The van der Waals surface area contributed by atoms with Gasteiger partial charge in [0.25, 0.3) is 0 Å². The monoisotopic (exact) mass is 467 g/mol. The number of nitrogens with zero attached hydrogens (tertiary/aromatic N) is 2. The van der Waals surface area contributed by atoms with Gasteiger partial charge in [-0.1, -0.05) is 79.2 Å². The van der Waals surface area contributed by atoms with E-state index in [1.807, 2.05) is 89.8 Å². The summed E-state index contributed by atoms with van der Waals surface area (Å²) in [7, 11) is 0. The minimum atomic E-state index is -0.255. The second-order valence-corrected chi connectivity index (χ2v) is 9.21. The summed E-state index contributed by atoms with van der Waals surface area (Å²) in [5.41, 5.74) is 3.40. The van der Waals surface area contributed by atoms with Crippen molar-refractivity contribution in [2.75, 3.05) is 16.3 Å². The van der Waals surface area contributed by atoms with Crippen molar-refractivity contribution in [3.63, 3.8) is 0 Å². The molecule has 2 atom stereocenters. The average molecular weight is 468 g/mol. The van der Waals surface area contributed by atoms with E-state index in [1.54, 1.807) is 4.90 Å². The average Bonchev–Trinajstić information content (AvgIpc) is 3.34. The molecule has 1 heterocycles. The van der Waals surface area contributed by atoms with Crippen molar-refractivity contribution in [1.82, 2.24) is 5.32 Å². The third kappa shape index (κ3) is 4.83. The van der Waals surface area contributed by atoms with Gasteiger partial charge < -0.3 is 15.1 Å². The summed E-state index contributed by atoms with van der Waals surface area (Å²) in [5.74, 6) is -0.579. The highest BCUT2D eigenvalue weighted by Gasteiger charge is 2.45. The van der Waals surface area contributed by atoms with E-state index in [0.717, 1.165) is 41.8 Å². The van der Waals surface area contributed by atoms with E-state index in [2.05, 4.69) is 5.32 Å². The van der Waals surface area contributed by atoms with Gasteiger partial charge in [-0.15, -0.1) is 0 Å². The van der Waals surface area contributed by atoms with E-state index >= 15 is 0 Å².